The second kappa shape index (κ2) is 11.8. The quantitative estimate of drug-likeness (QED) is 0.254. The Morgan fingerprint density at radius 1 is 1.05 bits per heavy atom. The zero-order valence-electron chi connectivity index (χ0n) is 24.6. The fourth-order valence-electron chi connectivity index (χ4n) is 7.73. The zero-order valence-corrected chi connectivity index (χ0v) is 24.6. The molecular formula is C34H45NO5. The van der Waals surface area contributed by atoms with Gasteiger partial charge in [-0.2, -0.15) is 0 Å². The lowest BCUT2D eigenvalue weighted by Crippen LogP contribution is -2.62. The largest absolute Gasteiger partial charge is 0.457 e. The summed E-state index contributed by atoms with van der Waals surface area (Å²) in [6.07, 6.45) is 7.62. The van der Waals surface area contributed by atoms with E-state index in [1.165, 1.54) is 24.0 Å². The van der Waals surface area contributed by atoms with E-state index in [-0.39, 0.29) is 41.6 Å². The Labute approximate surface area is 239 Å². The Morgan fingerprint density at radius 2 is 1.85 bits per heavy atom. The van der Waals surface area contributed by atoms with Crippen LogP contribution in [0.3, 0.4) is 0 Å². The molecule has 0 N–H and O–H groups in total. The van der Waals surface area contributed by atoms with Crippen LogP contribution < -0.4 is 4.74 Å². The van der Waals surface area contributed by atoms with Gasteiger partial charge in [0.15, 0.2) is 0 Å². The highest BCUT2D eigenvalue weighted by Gasteiger charge is 2.55. The monoisotopic (exact) mass is 547 g/mol. The van der Waals surface area contributed by atoms with E-state index in [9.17, 15) is 9.59 Å². The van der Waals surface area contributed by atoms with Crippen molar-refractivity contribution in [2.45, 2.75) is 97.1 Å². The summed E-state index contributed by atoms with van der Waals surface area (Å²) in [6.45, 7) is 9.61. The molecule has 1 aliphatic heterocycles. The molecule has 1 amide bonds. The predicted molar refractivity (Wildman–Crippen MR) is 155 cm³/mol. The van der Waals surface area contributed by atoms with Crippen LogP contribution in [0.4, 0.5) is 4.79 Å². The lowest BCUT2D eigenvalue weighted by atomic mass is 9.52. The third-order valence-corrected chi connectivity index (χ3v) is 9.17. The van der Waals surface area contributed by atoms with Crippen LogP contribution >= 0.6 is 0 Å². The van der Waals surface area contributed by atoms with Crippen molar-refractivity contribution in [3.8, 4) is 5.75 Å². The number of carbonyl (C=O) groups excluding carboxylic acids is 2. The molecule has 2 aromatic carbocycles. The highest BCUT2D eigenvalue weighted by Crippen LogP contribution is 2.56. The number of ether oxygens (including phenoxy) is 3. The maximum absolute atomic E-state index is 13.3. The Balaban J connectivity index is 1.24. The molecular weight excluding hydrogens is 502 g/mol. The van der Waals surface area contributed by atoms with Crippen LogP contribution in [0.1, 0.15) is 89.3 Å². The molecule has 2 aliphatic carbocycles. The molecule has 0 radical (unpaired) electrons. The smallest absolute Gasteiger partial charge is 0.410 e. The van der Waals surface area contributed by atoms with Gasteiger partial charge in [0.05, 0.1) is 0 Å². The normalized spacial score (nSPS) is 24.4. The molecule has 2 fully saturated rings. The van der Waals surface area contributed by atoms with Crippen LogP contribution in [0, 0.1) is 17.3 Å². The number of piperidine rings is 1. The Morgan fingerprint density at radius 3 is 2.62 bits per heavy atom. The van der Waals surface area contributed by atoms with E-state index in [2.05, 4.69) is 39.8 Å². The highest BCUT2D eigenvalue weighted by molar-refractivity contribution is 5.70. The maximum atomic E-state index is 13.3. The minimum absolute atomic E-state index is 0.0607. The van der Waals surface area contributed by atoms with Gasteiger partial charge >= 0.3 is 12.1 Å². The van der Waals surface area contributed by atoms with E-state index >= 15 is 0 Å². The second-order valence-corrected chi connectivity index (χ2v) is 13.4. The number of hydrogen-bond acceptors (Lipinski definition) is 5. The van der Waals surface area contributed by atoms with Gasteiger partial charge in [0.1, 0.15) is 12.4 Å². The first-order valence-electron chi connectivity index (χ1n) is 15.0. The lowest BCUT2D eigenvalue weighted by molar-refractivity contribution is -0.151. The van der Waals surface area contributed by atoms with E-state index < -0.39 is 0 Å². The van der Waals surface area contributed by atoms with Gasteiger partial charge in [-0.25, -0.2) is 4.79 Å². The van der Waals surface area contributed by atoms with Crippen LogP contribution in [0.5, 0.6) is 5.75 Å². The summed E-state index contributed by atoms with van der Waals surface area (Å²) < 4.78 is 17.2. The molecule has 1 unspecified atom stereocenters. The fourth-order valence-corrected chi connectivity index (χ4v) is 7.73. The van der Waals surface area contributed by atoms with Gasteiger partial charge in [-0.15, -0.1) is 0 Å². The van der Waals surface area contributed by atoms with Crippen LogP contribution in [0.2, 0.25) is 0 Å². The third kappa shape index (κ3) is 6.31. The van der Waals surface area contributed by atoms with Gasteiger partial charge < -0.3 is 19.1 Å². The molecule has 216 valence electrons. The standard InChI is InChI=1S/C34H45NO5/c1-24(21-33(2,3)4)18-31(36)40-23-39-27-14-13-26-19-30-28-12-8-9-15-34(28,29(26)20-27)16-17-35(30)32(37)38-22-25-10-6-5-7-11-25/h5-7,10-11,13-14,20,24,28,30H,8-9,12,15-19,21-23H2,1-4H3/t24?,28-,30+,34+/m1/s1. The van der Waals surface area contributed by atoms with Gasteiger partial charge in [-0.1, -0.05) is 76.9 Å². The summed E-state index contributed by atoms with van der Waals surface area (Å²) in [4.78, 5) is 27.6. The predicted octanol–water partition coefficient (Wildman–Crippen LogP) is 7.42. The minimum Gasteiger partial charge on any atom is -0.457 e. The van der Waals surface area contributed by atoms with Crippen LogP contribution in [0.25, 0.3) is 0 Å². The third-order valence-electron chi connectivity index (χ3n) is 9.17. The summed E-state index contributed by atoms with van der Waals surface area (Å²) in [6, 6.07) is 16.3. The molecule has 40 heavy (non-hydrogen) atoms. The van der Waals surface area contributed by atoms with Crippen molar-refractivity contribution in [2.24, 2.45) is 17.3 Å². The summed E-state index contributed by atoms with van der Waals surface area (Å²) in [7, 11) is 0. The van der Waals surface area contributed by atoms with Crippen molar-refractivity contribution >= 4 is 12.1 Å². The number of rotatable bonds is 8. The average molecular weight is 548 g/mol. The zero-order chi connectivity index (χ0) is 28.3. The van der Waals surface area contributed by atoms with Crippen LogP contribution in [-0.2, 0) is 32.7 Å². The van der Waals surface area contributed by atoms with E-state index in [0.29, 0.717) is 25.5 Å². The van der Waals surface area contributed by atoms with Gasteiger partial charge in [0, 0.05) is 24.4 Å². The molecule has 2 aromatic rings. The van der Waals surface area contributed by atoms with E-state index in [1.54, 1.807) is 0 Å². The van der Waals surface area contributed by atoms with Crippen molar-refractivity contribution in [3.05, 3.63) is 65.2 Å². The molecule has 6 nitrogen and oxygen atoms in total. The molecule has 3 aliphatic rings. The van der Waals surface area contributed by atoms with Gasteiger partial charge in [0.25, 0.3) is 0 Å². The molecule has 1 heterocycles. The number of fused-ring (bicyclic) bond motifs is 1. The number of carbonyl (C=O) groups is 2. The molecule has 4 atom stereocenters. The molecule has 1 saturated carbocycles. The Hall–Kier alpha value is -3.02. The summed E-state index contributed by atoms with van der Waals surface area (Å²) in [5, 5.41) is 0. The van der Waals surface area contributed by atoms with E-state index in [4.69, 9.17) is 14.2 Å². The average Bonchev–Trinajstić information content (AvgIpc) is 2.91. The number of benzene rings is 2. The van der Waals surface area contributed by atoms with Gasteiger partial charge in [-0.3, -0.25) is 4.79 Å². The highest BCUT2D eigenvalue weighted by atomic mass is 16.7. The van der Waals surface area contributed by atoms with Crippen molar-refractivity contribution in [2.75, 3.05) is 13.3 Å². The van der Waals surface area contributed by atoms with Crippen molar-refractivity contribution in [3.63, 3.8) is 0 Å². The van der Waals surface area contributed by atoms with Crippen molar-refractivity contribution < 1.29 is 23.8 Å². The van der Waals surface area contributed by atoms with E-state index in [0.717, 1.165) is 43.4 Å². The first-order chi connectivity index (χ1) is 19.1. The Kier molecular flexibility index (Phi) is 8.44. The topological polar surface area (TPSA) is 65.1 Å². The molecule has 0 spiro atoms. The summed E-state index contributed by atoms with van der Waals surface area (Å²) in [5.74, 6) is 1.23. The number of likely N-dealkylation sites (tertiary alicyclic amines) is 1. The maximum Gasteiger partial charge on any atom is 0.410 e. The number of nitrogens with zero attached hydrogens (tertiary/aromatic N) is 1. The minimum atomic E-state index is -0.213. The Bertz CT molecular complexity index is 1190. The molecule has 2 bridgehead atoms. The number of hydrogen-bond donors (Lipinski definition) is 0. The van der Waals surface area contributed by atoms with Gasteiger partial charge in [-0.05, 0) is 78.2 Å². The first-order valence-corrected chi connectivity index (χ1v) is 15.0. The summed E-state index contributed by atoms with van der Waals surface area (Å²) in [5.41, 5.74) is 3.92. The molecule has 0 aromatic heterocycles. The van der Waals surface area contributed by atoms with Crippen molar-refractivity contribution in [1.82, 2.24) is 4.90 Å². The first kappa shape index (κ1) is 28.5. The number of amides is 1. The number of esters is 1. The summed E-state index contributed by atoms with van der Waals surface area (Å²) >= 11 is 0. The molecule has 6 heteroatoms. The van der Waals surface area contributed by atoms with Crippen LogP contribution in [-0.4, -0.2) is 36.3 Å². The molecule has 1 saturated heterocycles. The SMILES string of the molecule is CC(CC(=O)OCOc1ccc2c(c1)[C@]13CCCC[C@@H]1[C@H](C2)N(C(=O)OCc1ccccc1)CC3)CC(C)(C)C. The second-order valence-electron chi connectivity index (χ2n) is 13.4. The molecule has 5 rings (SSSR count). The fraction of sp³-hybridized carbons (Fsp3) is 0.588. The van der Waals surface area contributed by atoms with Gasteiger partial charge in [0.2, 0.25) is 6.79 Å². The van der Waals surface area contributed by atoms with E-state index in [1.807, 2.05) is 41.3 Å². The lowest BCUT2D eigenvalue weighted by Gasteiger charge is -2.58. The van der Waals surface area contributed by atoms with Crippen molar-refractivity contribution in [1.29, 1.82) is 0 Å². The van der Waals surface area contributed by atoms with Crippen LogP contribution in [0.15, 0.2) is 48.5 Å².